The summed E-state index contributed by atoms with van der Waals surface area (Å²) in [5.74, 6) is -37.2. The summed E-state index contributed by atoms with van der Waals surface area (Å²) in [6.45, 7) is -0.647. The molecule has 1 aliphatic heterocycles. The van der Waals surface area contributed by atoms with Crippen molar-refractivity contribution >= 4 is 0 Å². The maximum atomic E-state index is 14.7. The van der Waals surface area contributed by atoms with Gasteiger partial charge in [-0.1, -0.05) is 0 Å². The fourth-order valence-corrected chi connectivity index (χ4v) is 3.16. The Balaban J connectivity index is 2.69. The van der Waals surface area contributed by atoms with Gasteiger partial charge in [-0.25, -0.2) is 4.39 Å². The van der Waals surface area contributed by atoms with Crippen LogP contribution in [0.3, 0.4) is 0 Å². The molecule has 2 fully saturated rings. The number of piperidine rings is 1. The molecule has 0 amide bonds. The predicted octanol–water partition coefficient (Wildman–Crippen LogP) is 4.23. The Morgan fingerprint density at radius 1 is 0.583 bits per heavy atom. The highest BCUT2D eigenvalue weighted by Crippen LogP contribution is 2.71. The summed E-state index contributed by atoms with van der Waals surface area (Å²) in [6.07, 6.45) is -1.79. The van der Waals surface area contributed by atoms with Gasteiger partial charge in [-0.15, -0.1) is 0 Å². The maximum absolute atomic E-state index is 14.7. The van der Waals surface area contributed by atoms with Crippen LogP contribution >= 0.6 is 0 Å². The highest BCUT2D eigenvalue weighted by atomic mass is 19.4. The Labute approximate surface area is 128 Å². The summed E-state index contributed by atoms with van der Waals surface area (Å²) in [5.41, 5.74) is -5.82. The molecule has 0 unspecified atom stereocenters. The van der Waals surface area contributed by atoms with Crippen molar-refractivity contribution in [3.05, 3.63) is 0 Å². The van der Waals surface area contributed by atoms with Gasteiger partial charge in [0.15, 0.2) is 0 Å². The van der Waals surface area contributed by atoms with Gasteiger partial charge in [0.25, 0.3) is 5.67 Å². The van der Waals surface area contributed by atoms with Crippen molar-refractivity contribution in [2.75, 3.05) is 20.1 Å². The first-order valence-corrected chi connectivity index (χ1v) is 6.76. The van der Waals surface area contributed by atoms with Gasteiger partial charge in [-0.2, -0.15) is 43.9 Å². The van der Waals surface area contributed by atoms with E-state index < -0.39 is 54.0 Å². The Hall–Kier alpha value is -0.810. The topological polar surface area (TPSA) is 3.24 Å². The number of likely N-dealkylation sites (tertiary alicyclic amines) is 1. The molecule has 2 rings (SSSR count). The van der Waals surface area contributed by atoms with E-state index >= 15 is 0 Å². The first kappa shape index (κ1) is 19.5. The van der Waals surface area contributed by atoms with Gasteiger partial charge in [-0.05, 0) is 33.0 Å². The smallest absolute Gasteiger partial charge is 0.306 e. The van der Waals surface area contributed by atoms with Crippen LogP contribution in [0.5, 0.6) is 0 Å². The van der Waals surface area contributed by atoms with E-state index in [9.17, 15) is 48.3 Å². The minimum Gasteiger partial charge on any atom is -0.306 e. The van der Waals surface area contributed by atoms with Crippen LogP contribution in [0.25, 0.3) is 0 Å². The molecule has 12 heteroatoms. The Kier molecular flexibility index (Phi) is 3.97. The highest BCUT2D eigenvalue weighted by Gasteiger charge is 3.01. The summed E-state index contributed by atoms with van der Waals surface area (Å²) in [5, 5.41) is 0. The second kappa shape index (κ2) is 4.88. The molecule has 1 nitrogen and oxygen atoms in total. The van der Waals surface area contributed by atoms with Crippen LogP contribution in [-0.2, 0) is 0 Å². The number of hydrogen-bond acceptors (Lipinski definition) is 1. The van der Waals surface area contributed by atoms with Crippen LogP contribution in [-0.4, -0.2) is 60.3 Å². The zero-order valence-electron chi connectivity index (χ0n) is 12.0. The lowest BCUT2D eigenvalue weighted by atomic mass is 9.64. The monoisotopic (exact) mass is 379 g/mol. The molecule has 0 aromatic heterocycles. The van der Waals surface area contributed by atoms with E-state index in [1.807, 2.05) is 0 Å². The van der Waals surface area contributed by atoms with Crippen LogP contribution < -0.4 is 0 Å². The number of hydrogen-bond donors (Lipinski definition) is 0. The van der Waals surface area contributed by atoms with Crippen molar-refractivity contribution in [2.24, 2.45) is 5.92 Å². The lowest BCUT2D eigenvalue weighted by molar-refractivity contribution is -0.492. The molecule has 0 aromatic rings. The Bertz CT molecular complexity index is 477. The number of halogens is 11. The second-order valence-corrected chi connectivity index (χ2v) is 6.16. The van der Waals surface area contributed by atoms with E-state index in [1.54, 1.807) is 0 Å². The van der Waals surface area contributed by atoms with E-state index in [4.69, 9.17) is 0 Å². The maximum Gasteiger partial charge on any atom is 0.384 e. The van der Waals surface area contributed by atoms with Gasteiger partial charge < -0.3 is 4.90 Å². The molecule has 1 heterocycles. The van der Waals surface area contributed by atoms with Crippen LogP contribution in [0, 0.1) is 5.92 Å². The zero-order chi connectivity index (χ0) is 19.0. The Morgan fingerprint density at radius 3 is 1.21 bits per heavy atom. The van der Waals surface area contributed by atoms with E-state index in [0.29, 0.717) is 0 Å². The molecule has 142 valence electrons. The third-order valence-electron chi connectivity index (χ3n) is 4.77. The predicted molar refractivity (Wildman–Crippen MR) is 58.8 cm³/mol. The summed E-state index contributed by atoms with van der Waals surface area (Å²) < 4.78 is 150. The van der Waals surface area contributed by atoms with Gasteiger partial charge in [0, 0.05) is 5.92 Å². The zero-order valence-corrected chi connectivity index (χ0v) is 12.0. The van der Waals surface area contributed by atoms with Crippen molar-refractivity contribution in [2.45, 2.75) is 48.1 Å². The molecule has 0 radical (unpaired) electrons. The first-order valence-electron chi connectivity index (χ1n) is 6.76. The molecule has 1 saturated heterocycles. The van der Waals surface area contributed by atoms with Crippen LogP contribution in [0.4, 0.5) is 48.3 Å². The molecule has 1 saturated carbocycles. The fraction of sp³-hybridized carbons (Fsp3) is 1.00. The minimum atomic E-state index is -7.13. The SMILES string of the molecule is CN1CCC(C2(F)C(F)(F)C(F)(F)C(F)(F)C(F)(F)C2(F)F)CC1. The Morgan fingerprint density at radius 2 is 0.875 bits per heavy atom. The number of alkyl halides is 11. The first-order chi connectivity index (χ1) is 10.5. The van der Waals surface area contributed by atoms with Crippen molar-refractivity contribution in [3.63, 3.8) is 0 Å². The van der Waals surface area contributed by atoms with Crippen molar-refractivity contribution in [3.8, 4) is 0 Å². The third kappa shape index (κ3) is 1.80. The normalized spacial score (nSPS) is 34.0. The van der Waals surface area contributed by atoms with Crippen LogP contribution in [0.2, 0.25) is 0 Å². The molecular weight excluding hydrogens is 367 g/mol. The van der Waals surface area contributed by atoms with E-state index in [1.165, 1.54) is 11.9 Å². The molecule has 24 heavy (non-hydrogen) atoms. The summed E-state index contributed by atoms with van der Waals surface area (Å²) in [6, 6.07) is 0. The van der Waals surface area contributed by atoms with E-state index in [0.717, 1.165) is 0 Å². The third-order valence-corrected chi connectivity index (χ3v) is 4.77. The van der Waals surface area contributed by atoms with Crippen molar-refractivity contribution < 1.29 is 48.3 Å². The number of rotatable bonds is 1. The van der Waals surface area contributed by atoms with E-state index in [2.05, 4.69) is 0 Å². The standard InChI is InChI=1S/C12H12F11N/c1-24-4-2-6(3-5-24)7(13)8(14,15)10(18,19)12(22,23)11(20,21)9(7,16)17/h6H,2-5H2,1H3. The average Bonchev–Trinajstić information content (AvgIpc) is 2.45. The van der Waals surface area contributed by atoms with Gasteiger partial charge in [0.2, 0.25) is 0 Å². The van der Waals surface area contributed by atoms with Crippen molar-refractivity contribution in [1.82, 2.24) is 4.90 Å². The fourth-order valence-electron chi connectivity index (χ4n) is 3.16. The molecule has 0 spiro atoms. The summed E-state index contributed by atoms with van der Waals surface area (Å²) >= 11 is 0. The molecule has 2 aliphatic rings. The van der Waals surface area contributed by atoms with E-state index in [-0.39, 0.29) is 13.1 Å². The highest BCUT2D eigenvalue weighted by molar-refractivity contribution is 5.28. The van der Waals surface area contributed by atoms with Gasteiger partial charge in [0.05, 0.1) is 0 Å². The molecule has 0 bridgehead atoms. The lowest BCUT2D eigenvalue weighted by Crippen LogP contribution is -2.85. The van der Waals surface area contributed by atoms with Gasteiger partial charge >= 0.3 is 29.6 Å². The van der Waals surface area contributed by atoms with Crippen LogP contribution in [0.1, 0.15) is 12.8 Å². The lowest BCUT2D eigenvalue weighted by Gasteiger charge is -2.55. The molecular formula is C12H12F11N. The average molecular weight is 379 g/mol. The molecule has 1 aliphatic carbocycles. The molecule has 0 N–H and O–H groups in total. The second-order valence-electron chi connectivity index (χ2n) is 6.16. The molecule has 0 aromatic carbocycles. The van der Waals surface area contributed by atoms with Crippen LogP contribution in [0.15, 0.2) is 0 Å². The quantitative estimate of drug-likeness (QED) is 0.617. The van der Waals surface area contributed by atoms with Crippen molar-refractivity contribution in [1.29, 1.82) is 0 Å². The number of nitrogens with zero attached hydrogens (tertiary/aromatic N) is 1. The van der Waals surface area contributed by atoms with Gasteiger partial charge in [0.1, 0.15) is 0 Å². The largest absolute Gasteiger partial charge is 0.384 e. The summed E-state index contributed by atoms with van der Waals surface area (Å²) in [4.78, 5) is 1.34. The van der Waals surface area contributed by atoms with Gasteiger partial charge in [-0.3, -0.25) is 0 Å². The summed E-state index contributed by atoms with van der Waals surface area (Å²) in [7, 11) is 1.37. The molecule has 0 atom stereocenters. The minimum absolute atomic E-state index is 0.323.